The highest BCUT2D eigenvalue weighted by Gasteiger charge is 2.40. The lowest BCUT2D eigenvalue weighted by Crippen LogP contribution is -2.44. The van der Waals surface area contributed by atoms with Crippen LogP contribution in [0.5, 0.6) is 0 Å². The predicted octanol–water partition coefficient (Wildman–Crippen LogP) is 4.34. The van der Waals surface area contributed by atoms with Crippen LogP contribution in [0.25, 0.3) is 0 Å². The van der Waals surface area contributed by atoms with E-state index >= 15 is 0 Å². The largest absolute Gasteiger partial charge is 0.469 e. The van der Waals surface area contributed by atoms with Gasteiger partial charge < -0.3 is 14.0 Å². The summed E-state index contributed by atoms with van der Waals surface area (Å²) in [5.41, 5.74) is 0. The molecule has 0 spiro atoms. The first-order valence-corrected chi connectivity index (χ1v) is 11.7. The molecule has 5 heteroatoms. The highest BCUT2D eigenvalue weighted by Crippen LogP contribution is 2.40. The summed E-state index contributed by atoms with van der Waals surface area (Å²) in [6.07, 6.45) is 6.49. The summed E-state index contributed by atoms with van der Waals surface area (Å²) in [4.78, 5) is 22.5. The molecule has 1 unspecified atom stereocenters. The van der Waals surface area contributed by atoms with E-state index in [9.17, 15) is 9.59 Å². The molecule has 134 valence electrons. The number of hydrogen-bond donors (Lipinski definition) is 0. The van der Waals surface area contributed by atoms with Crippen molar-refractivity contribution < 1.29 is 18.8 Å². The number of hydrogen-bond acceptors (Lipinski definition) is 4. The summed E-state index contributed by atoms with van der Waals surface area (Å²) < 4.78 is 11.3. The maximum absolute atomic E-state index is 11.7. The maximum atomic E-state index is 11.7. The molecule has 0 radical (unpaired) electrons. The quantitative estimate of drug-likeness (QED) is 0.392. The Bertz CT molecular complexity index is 392. The fourth-order valence-corrected chi connectivity index (χ4v) is 4.48. The Morgan fingerprint density at radius 3 is 2.22 bits per heavy atom. The molecule has 0 aromatic carbocycles. The van der Waals surface area contributed by atoms with Crippen molar-refractivity contribution in [2.45, 2.75) is 83.5 Å². The van der Waals surface area contributed by atoms with Gasteiger partial charge in [-0.05, 0) is 56.2 Å². The SMILES string of the molecule is COC(=O)C(CC=O)CC1CCC(O[Si](C)(C)C(C)(C)C)CC1. The summed E-state index contributed by atoms with van der Waals surface area (Å²) in [6, 6.07) is 0. The molecule has 0 heterocycles. The summed E-state index contributed by atoms with van der Waals surface area (Å²) in [7, 11) is -0.310. The molecular weight excluding hydrogens is 308 g/mol. The van der Waals surface area contributed by atoms with Crippen molar-refractivity contribution in [1.82, 2.24) is 0 Å². The summed E-state index contributed by atoms with van der Waals surface area (Å²) in [5.74, 6) is -0.0320. The maximum Gasteiger partial charge on any atom is 0.309 e. The number of ether oxygens (including phenoxy) is 1. The zero-order chi connectivity index (χ0) is 17.7. The van der Waals surface area contributed by atoms with E-state index in [1.807, 2.05) is 0 Å². The monoisotopic (exact) mass is 342 g/mol. The predicted molar refractivity (Wildman–Crippen MR) is 94.8 cm³/mol. The molecule has 0 aromatic rings. The molecule has 23 heavy (non-hydrogen) atoms. The standard InChI is InChI=1S/C18H34O4Si/c1-18(2,3)23(5,6)22-16-9-7-14(8-10-16)13-15(11-12-19)17(20)21-4/h12,14-16H,7-11,13H2,1-6H3. The van der Waals surface area contributed by atoms with Gasteiger partial charge in [0.05, 0.1) is 13.0 Å². The average Bonchev–Trinajstić information content (AvgIpc) is 2.46. The molecule has 0 N–H and O–H groups in total. The molecule has 1 aliphatic carbocycles. The fraction of sp³-hybridized carbons (Fsp3) is 0.889. The van der Waals surface area contributed by atoms with Crippen molar-refractivity contribution in [1.29, 1.82) is 0 Å². The Kier molecular flexibility index (Phi) is 7.46. The van der Waals surface area contributed by atoms with Crippen LogP contribution < -0.4 is 0 Å². The molecular formula is C18H34O4Si. The summed E-state index contributed by atoms with van der Waals surface area (Å²) in [6.45, 7) is 11.4. The Morgan fingerprint density at radius 1 is 1.22 bits per heavy atom. The van der Waals surface area contributed by atoms with Crippen molar-refractivity contribution in [3.8, 4) is 0 Å². The second-order valence-corrected chi connectivity index (χ2v) is 13.1. The second-order valence-electron chi connectivity index (χ2n) is 8.38. The van der Waals surface area contributed by atoms with Gasteiger partial charge >= 0.3 is 5.97 Å². The van der Waals surface area contributed by atoms with Gasteiger partial charge in [0.25, 0.3) is 0 Å². The number of aldehydes is 1. The lowest BCUT2D eigenvalue weighted by molar-refractivity contribution is -0.147. The van der Waals surface area contributed by atoms with Gasteiger partial charge in [0.1, 0.15) is 6.29 Å². The number of methoxy groups -OCH3 is 1. The lowest BCUT2D eigenvalue weighted by atomic mass is 9.81. The van der Waals surface area contributed by atoms with Gasteiger partial charge in [-0.25, -0.2) is 0 Å². The van der Waals surface area contributed by atoms with E-state index in [-0.39, 0.29) is 23.3 Å². The first-order chi connectivity index (χ1) is 10.6. The minimum atomic E-state index is -1.70. The van der Waals surface area contributed by atoms with Gasteiger partial charge in [-0.2, -0.15) is 0 Å². The number of carbonyl (C=O) groups is 2. The van der Waals surface area contributed by atoms with Gasteiger partial charge in [0, 0.05) is 12.5 Å². The molecule has 0 aromatic heterocycles. The van der Waals surface area contributed by atoms with Crippen molar-refractivity contribution in [2.24, 2.45) is 11.8 Å². The molecule has 0 bridgehead atoms. The van der Waals surface area contributed by atoms with E-state index in [1.165, 1.54) is 7.11 Å². The molecule has 0 aliphatic heterocycles. The van der Waals surface area contributed by atoms with Crippen molar-refractivity contribution in [3.63, 3.8) is 0 Å². The topological polar surface area (TPSA) is 52.6 Å². The highest BCUT2D eigenvalue weighted by molar-refractivity contribution is 6.74. The van der Waals surface area contributed by atoms with E-state index in [0.29, 0.717) is 12.0 Å². The van der Waals surface area contributed by atoms with Gasteiger partial charge in [0.2, 0.25) is 0 Å². The van der Waals surface area contributed by atoms with E-state index in [1.54, 1.807) is 0 Å². The van der Waals surface area contributed by atoms with Gasteiger partial charge in [-0.3, -0.25) is 4.79 Å². The van der Waals surface area contributed by atoms with Gasteiger partial charge in [-0.15, -0.1) is 0 Å². The van der Waals surface area contributed by atoms with Crippen LogP contribution in [0, 0.1) is 11.8 Å². The Balaban J connectivity index is 2.49. The normalized spacial score (nSPS) is 24.1. The van der Waals surface area contributed by atoms with E-state index in [2.05, 4.69) is 33.9 Å². The fourth-order valence-electron chi connectivity index (χ4n) is 3.05. The lowest BCUT2D eigenvalue weighted by Gasteiger charge is -2.41. The van der Waals surface area contributed by atoms with E-state index in [0.717, 1.165) is 38.4 Å². The van der Waals surface area contributed by atoms with Gasteiger partial charge in [-0.1, -0.05) is 20.8 Å². The summed E-state index contributed by atoms with van der Waals surface area (Å²) >= 11 is 0. The third-order valence-electron chi connectivity index (χ3n) is 5.59. The molecule has 4 nitrogen and oxygen atoms in total. The van der Waals surface area contributed by atoms with Crippen molar-refractivity contribution in [2.75, 3.05) is 7.11 Å². The third kappa shape index (κ3) is 6.03. The third-order valence-corrected chi connectivity index (χ3v) is 10.1. The zero-order valence-corrected chi connectivity index (χ0v) is 16.7. The number of carbonyl (C=O) groups excluding carboxylic acids is 2. The van der Waals surface area contributed by atoms with Crippen LogP contribution in [0.1, 0.15) is 59.3 Å². The number of rotatable bonds is 7. The Hall–Kier alpha value is -0.683. The van der Waals surface area contributed by atoms with Crippen LogP contribution in [-0.2, 0) is 18.8 Å². The average molecular weight is 343 g/mol. The van der Waals surface area contributed by atoms with Crippen molar-refractivity contribution >= 4 is 20.6 Å². The van der Waals surface area contributed by atoms with Crippen LogP contribution in [0.15, 0.2) is 0 Å². The molecule has 1 fully saturated rings. The summed E-state index contributed by atoms with van der Waals surface area (Å²) in [5, 5.41) is 0.240. The molecule has 1 saturated carbocycles. The minimum absolute atomic E-state index is 0.240. The molecule has 0 saturated heterocycles. The Morgan fingerprint density at radius 2 is 1.78 bits per heavy atom. The molecule has 1 aliphatic rings. The zero-order valence-electron chi connectivity index (χ0n) is 15.7. The van der Waals surface area contributed by atoms with Crippen LogP contribution in [0.3, 0.4) is 0 Å². The van der Waals surface area contributed by atoms with E-state index in [4.69, 9.17) is 9.16 Å². The first kappa shape index (κ1) is 20.4. The van der Waals surface area contributed by atoms with Crippen LogP contribution >= 0.6 is 0 Å². The van der Waals surface area contributed by atoms with Crippen LogP contribution in [-0.4, -0.2) is 33.8 Å². The first-order valence-electron chi connectivity index (χ1n) is 8.80. The smallest absolute Gasteiger partial charge is 0.309 e. The molecule has 1 rings (SSSR count). The van der Waals surface area contributed by atoms with Crippen molar-refractivity contribution in [3.05, 3.63) is 0 Å². The van der Waals surface area contributed by atoms with Crippen LogP contribution in [0.4, 0.5) is 0 Å². The van der Waals surface area contributed by atoms with Crippen LogP contribution in [0.2, 0.25) is 18.1 Å². The molecule has 1 atom stereocenters. The molecule has 0 amide bonds. The highest BCUT2D eigenvalue weighted by atomic mass is 28.4. The minimum Gasteiger partial charge on any atom is -0.469 e. The van der Waals surface area contributed by atoms with E-state index < -0.39 is 8.32 Å². The Labute approximate surface area is 142 Å². The number of esters is 1. The second kappa shape index (κ2) is 8.43. The van der Waals surface area contributed by atoms with Gasteiger partial charge in [0.15, 0.2) is 8.32 Å².